The zero-order valence-corrected chi connectivity index (χ0v) is 10.3. The van der Waals surface area contributed by atoms with Crippen LogP contribution in [0.25, 0.3) is 0 Å². The van der Waals surface area contributed by atoms with E-state index in [0.29, 0.717) is 25.3 Å². The van der Waals surface area contributed by atoms with Crippen LogP contribution in [-0.2, 0) is 9.53 Å². The largest absolute Gasteiger partial charge is 0.464 e. The van der Waals surface area contributed by atoms with Crippen molar-refractivity contribution in [2.75, 3.05) is 13.2 Å². The topological polar surface area (TPSA) is 59.5 Å². The Labute approximate surface area is 106 Å². The van der Waals surface area contributed by atoms with Crippen LogP contribution in [0.3, 0.4) is 0 Å². The predicted molar refractivity (Wildman–Crippen MR) is 64.9 cm³/mol. The van der Waals surface area contributed by atoms with Crippen LogP contribution in [0.1, 0.15) is 30.3 Å². The standard InChI is InChI=1S/C13H16N2O3/c1-2-18-13(17)11-7-5-9-15(11)12(16)10-6-3-4-8-14-10/h3-4,6,8,11H,2,5,7,9H2,1H3. The number of carbonyl (C=O) groups excluding carboxylic acids is 2. The van der Waals surface area contributed by atoms with Gasteiger partial charge in [-0.1, -0.05) is 6.07 Å². The number of amides is 1. The maximum Gasteiger partial charge on any atom is 0.328 e. The van der Waals surface area contributed by atoms with E-state index in [4.69, 9.17) is 4.74 Å². The molecule has 1 saturated heterocycles. The molecule has 0 saturated carbocycles. The highest BCUT2D eigenvalue weighted by atomic mass is 16.5. The minimum absolute atomic E-state index is 0.203. The molecular weight excluding hydrogens is 232 g/mol. The Morgan fingerprint density at radius 2 is 2.33 bits per heavy atom. The molecule has 1 aliphatic rings. The van der Waals surface area contributed by atoms with Gasteiger partial charge in [0.25, 0.3) is 5.91 Å². The molecule has 0 spiro atoms. The van der Waals surface area contributed by atoms with E-state index in [-0.39, 0.29) is 11.9 Å². The van der Waals surface area contributed by atoms with E-state index in [0.717, 1.165) is 6.42 Å². The predicted octanol–water partition coefficient (Wildman–Crippen LogP) is 1.25. The number of carbonyl (C=O) groups is 2. The quantitative estimate of drug-likeness (QED) is 0.755. The van der Waals surface area contributed by atoms with Crippen molar-refractivity contribution >= 4 is 11.9 Å². The van der Waals surface area contributed by atoms with Crippen molar-refractivity contribution in [1.82, 2.24) is 9.88 Å². The SMILES string of the molecule is CCOC(=O)C1CCCN1C(=O)c1ccccn1. The molecule has 96 valence electrons. The Hall–Kier alpha value is -1.91. The van der Waals surface area contributed by atoms with E-state index in [1.807, 2.05) is 0 Å². The van der Waals surface area contributed by atoms with Crippen molar-refractivity contribution in [3.63, 3.8) is 0 Å². The molecule has 1 fully saturated rings. The number of likely N-dealkylation sites (tertiary alicyclic amines) is 1. The maximum atomic E-state index is 12.2. The number of ether oxygens (including phenoxy) is 1. The van der Waals surface area contributed by atoms with Crippen LogP contribution in [0.2, 0.25) is 0 Å². The van der Waals surface area contributed by atoms with E-state index in [1.54, 1.807) is 36.2 Å². The normalized spacial score (nSPS) is 18.7. The second-order valence-corrected chi connectivity index (χ2v) is 4.12. The molecule has 1 amide bonds. The molecule has 1 aliphatic heterocycles. The molecule has 0 aliphatic carbocycles. The Morgan fingerprint density at radius 3 is 3.00 bits per heavy atom. The highest BCUT2D eigenvalue weighted by Crippen LogP contribution is 2.20. The third-order valence-corrected chi connectivity index (χ3v) is 2.96. The van der Waals surface area contributed by atoms with Crippen molar-refractivity contribution in [1.29, 1.82) is 0 Å². The smallest absolute Gasteiger partial charge is 0.328 e. The summed E-state index contributed by atoms with van der Waals surface area (Å²) in [6.07, 6.45) is 3.06. The van der Waals surface area contributed by atoms with Gasteiger partial charge in [-0.3, -0.25) is 9.78 Å². The lowest BCUT2D eigenvalue weighted by molar-refractivity contribution is -0.147. The van der Waals surface area contributed by atoms with E-state index in [1.165, 1.54) is 0 Å². The molecule has 0 bridgehead atoms. The summed E-state index contributed by atoms with van der Waals surface area (Å²) in [6, 6.07) is 4.71. The number of hydrogen-bond acceptors (Lipinski definition) is 4. The third kappa shape index (κ3) is 2.50. The summed E-state index contributed by atoms with van der Waals surface area (Å²) in [5, 5.41) is 0. The van der Waals surface area contributed by atoms with Gasteiger partial charge in [-0.2, -0.15) is 0 Å². The van der Waals surface area contributed by atoms with Gasteiger partial charge < -0.3 is 9.64 Å². The first kappa shape index (κ1) is 12.5. The fourth-order valence-electron chi connectivity index (χ4n) is 2.13. The number of esters is 1. The van der Waals surface area contributed by atoms with Crippen molar-refractivity contribution in [3.8, 4) is 0 Å². The second kappa shape index (κ2) is 5.62. The van der Waals surface area contributed by atoms with Crippen LogP contribution in [0.15, 0.2) is 24.4 Å². The van der Waals surface area contributed by atoms with Gasteiger partial charge in [0.15, 0.2) is 0 Å². The van der Waals surface area contributed by atoms with Crippen molar-refractivity contribution in [3.05, 3.63) is 30.1 Å². The van der Waals surface area contributed by atoms with E-state index >= 15 is 0 Å². The number of nitrogens with zero attached hydrogens (tertiary/aromatic N) is 2. The van der Waals surface area contributed by atoms with Crippen LogP contribution >= 0.6 is 0 Å². The average molecular weight is 248 g/mol. The first-order valence-electron chi connectivity index (χ1n) is 6.12. The van der Waals surface area contributed by atoms with Gasteiger partial charge in [0.05, 0.1) is 6.61 Å². The molecule has 1 aromatic rings. The number of rotatable bonds is 3. The Morgan fingerprint density at radius 1 is 1.50 bits per heavy atom. The molecule has 2 heterocycles. The molecule has 5 heteroatoms. The highest BCUT2D eigenvalue weighted by Gasteiger charge is 2.35. The van der Waals surface area contributed by atoms with Gasteiger partial charge in [0, 0.05) is 12.7 Å². The summed E-state index contributed by atoms with van der Waals surface area (Å²) in [6.45, 7) is 2.68. The van der Waals surface area contributed by atoms with E-state index in [9.17, 15) is 9.59 Å². The number of pyridine rings is 1. The molecule has 1 atom stereocenters. The molecule has 0 N–H and O–H groups in total. The molecule has 0 radical (unpaired) electrons. The Kier molecular flexibility index (Phi) is 3.92. The van der Waals surface area contributed by atoms with Gasteiger partial charge in [-0.05, 0) is 31.9 Å². The van der Waals surface area contributed by atoms with E-state index < -0.39 is 6.04 Å². The summed E-state index contributed by atoms with van der Waals surface area (Å²) in [5.74, 6) is -0.523. The maximum absolute atomic E-state index is 12.2. The molecule has 5 nitrogen and oxygen atoms in total. The molecule has 1 aromatic heterocycles. The Balaban J connectivity index is 2.12. The molecule has 0 aromatic carbocycles. The first-order chi connectivity index (χ1) is 8.74. The summed E-state index contributed by atoms with van der Waals surface area (Å²) in [7, 11) is 0. The number of aromatic nitrogens is 1. The van der Waals surface area contributed by atoms with Crippen molar-refractivity contribution < 1.29 is 14.3 Å². The first-order valence-corrected chi connectivity index (χ1v) is 6.12. The lowest BCUT2D eigenvalue weighted by atomic mass is 10.2. The molecular formula is C13H16N2O3. The summed E-state index contributed by atoms with van der Waals surface area (Å²) in [4.78, 5) is 29.6. The zero-order chi connectivity index (χ0) is 13.0. The highest BCUT2D eigenvalue weighted by molar-refractivity contribution is 5.95. The van der Waals surface area contributed by atoms with Crippen LogP contribution in [0, 0.1) is 0 Å². The van der Waals surface area contributed by atoms with Gasteiger partial charge in [-0.15, -0.1) is 0 Å². The summed E-state index contributed by atoms with van der Waals surface area (Å²) in [5.41, 5.74) is 0.369. The molecule has 18 heavy (non-hydrogen) atoms. The van der Waals surface area contributed by atoms with Gasteiger partial charge in [0.1, 0.15) is 11.7 Å². The van der Waals surface area contributed by atoms with Gasteiger partial charge in [-0.25, -0.2) is 4.79 Å². The second-order valence-electron chi connectivity index (χ2n) is 4.12. The van der Waals surface area contributed by atoms with Gasteiger partial charge in [0.2, 0.25) is 0 Å². The van der Waals surface area contributed by atoms with Crippen LogP contribution in [-0.4, -0.2) is 41.0 Å². The van der Waals surface area contributed by atoms with E-state index in [2.05, 4.69) is 4.98 Å². The monoisotopic (exact) mass is 248 g/mol. The fraction of sp³-hybridized carbons (Fsp3) is 0.462. The van der Waals surface area contributed by atoms with Crippen LogP contribution in [0.5, 0.6) is 0 Å². The van der Waals surface area contributed by atoms with Gasteiger partial charge >= 0.3 is 5.97 Å². The lowest BCUT2D eigenvalue weighted by Gasteiger charge is -2.22. The molecule has 2 rings (SSSR count). The van der Waals surface area contributed by atoms with Crippen LogP contribution < -0.4 is 0 Å². The third-order valence-electron chi connectivity index (χ3n) is 2.96. The minimum Gasteiger partial charge on any atom is -0.464 e. The zero-order valence-electron chi connectivity index (χ0n) is 10.3. The minimum atomic E-state index is -0.459. The summed E-state index contributed by atoms with van der Waals surface area (Å²) >= 11 is 0. The van der Waals surface area contributed by atoms with Crippen molar-refractivity contribution in [2.24, 2.45) is 0 Å². The molecule has 1 unspecified atom stereocenters. The average Bonchev–Trinajstić information content (AvgIpc) is 2.88. The van der Waals surface area contributed by atoms with Crippen LogP contribution in [0.4, 0.5) is 0 Å². The number of hydrogen-bond donors (Lipinski definition) is 0. The Bertz CT molecular complexity index is 433. The van der Waals surface area contributed by atoms with Crippen molar-refractivity contribution in [2.45, 2.75) is 25.8 Å². The fourth-order valence-corrected chi connectivity index (χ4v) is 2.13. The lowest BCUT2D eigenvalue weighted by Crippen LogP contribution is -2.41. The summed E-state index contributed by atoms with van der Waals surface area (Å²) < 4.78 is 4.99.